The molecule has 2 aliphatic rings. The predicted octanol–water partition coefficient (Wildman–Crippen LogP) is 14.6. The average Bonchev–Trinajstić information content (AvgIpc) is 3.92. The first-order valence-corrected chi connectivity index (χ1v) is 20.0. The maximum absolute atomic E-state index is 9.11. The van der Waals surface area contributed by atoms with Crippen LogP contribution >= 0.6 is 0 Å². The van der Waals surface area contributed by atoms with E-state index >= 15 is 0 Å². The van der Waals surface area contributed by atoms with E-state index in [0.29, 0.717) is 11.4 Å². The molecular formula is C56H39N3. The maximum Gasteiger partial charge on any atom is 0.0726 e. The molecule has 1 unspecified atom stereocenters. The lowest BCUT2D eigenvalue weighted by Crippen LogP contribution is -2.26. The summed E-state index contributed by atoms with van der Waals surface area (Å²) in [7, 11) is 2.14. The fourth-order valence-corrected chi connectivity index (χ4v) is 10.0. The van der Waals surface area contributed by atoms with Crippen molar-refractivity contribution >= 4 is 55.9 Å². The fraction of sp³-hybridized carbons (Fsp3) is 0.0357. The molecule has 278 valence electrons. The topological polar surface area (TPSA) is 11.4 Å². The fourth-order valence-electron chi connectivity index (χ4n) is 10.0. The Labute approximate surface area is 351 Å². The second-order valence-corrected chi connectivity index (χ2v) is 15.4. The zero-order chi connectivity index (χ0) is 43.4. The molecule has 3 nitrogen and oxygen atoms in total. The standard InChI is InChI=1S/C56H39N3/c1-57-54-28-16-13-25-47(54)48-33-30-43(37-55(48)57)59(40-21-9-4-10-22-40)41-31-34-52-49(35-41)45-24-12-15-27-51(45)56(52)50-26-14-11-23-44(50)46-32-29-42(36-53(46)56)58(38-17-5-2-6-18-38)39-19-7-3-8-20-39/h2-37H,1H3/i2D,5D,6D,17D,18D. The molecule has 1 heterocycles. The third-order valence-electron chi connectivity index (χ3n) is 12.5. The lowest BCUT2D eigenvalue weighted by Gasteiger charge is -2.32. The summed E-state index contributed by atoms with van der Waals surface area (Å²) in [5.74, 6) is 0. The molecule has 1 atom stereocenters. The van der Waals surface area contributed by atoms with Crippen molar-refractivity contribution in [2.24, 2.45) is 7.05 Å². The molecule has 0 aliphatic heterocycles. The number of benzene rings is 9. The van der Waals surface area contributed by atoms with E-state index in [-0.39, 0.29) is 29.9 Å². The minimum absolute atomic E-state index is 0.0983. The molecule has 1 aromatic heterocycles. The second-order valence-electron chi connectivity index (χ2n) is 15.4. The first-order valence-electron chi connectivity index (χ1n) is 22.5. The molecule has 0 amide bonds. The second kappa shape index (κ2) is 13.0. The number of rotatable bonds is 6. The molecule has 0 fully saturated rings. The van der Waals surface area contributed by atoms with Crippen molar-refractivity contribution in [3.63, 3.8) is 0 Å². The van der Waals surface area contributed by atoms with Crippen molar-refractivity contribution < 1.29 is 6.85 Å². The highest BCUT2D eigenvalue weighted by molar-refractivity contribution is 6.09. The molecular weight excluding hydrogens is 715 g/mol. The number of hydrogen-bond acceptors (Lipinski definition) is 2. The van der Waals surface area contributed by atoms with Crippen molar-refractivity contribution in [3.05, 3.63) is 241 Å². The molecule has 12 rings (SSSR count). The molecule has 9 aromatic carbocycles. The van der Waals surface area contributed by atoms with Crippen LogP contribution in [0.25, 0.3) is 44.1 Å². The van der Waals surface area contributed by atoms with Gasteiger partial charge in [-0.25, -0.2) is 0 Å². The van der Waals surface area contributed by atoms with E-state index in [9.17, 15) is 0 Å². The summed E-state index contributed by atoms with van der Waals surface area (Å²) in [6.07, 6.45) is 0. The van der Waals surface area contributed by atoms with Crippen LogP contribution in [0.1, 0.15) is 29.1 Å². The van der Waals surface area contributed by atoms with Gasteiger partial charge < -0.3 is 14.4 Å². The minimum atomic E-state index is -0.714. The van der Waals surface area contributed by atoms with Crippen LogP contribution in [-0.4, -0.2) is 4.57 Å². The van der Waals surface area contributed by atoms with E-state index in [1.165, 1.54) is 27.4 Å². The summed E-state index contributed by atoms with van der Waals surface area (Å²) in [6.45, 7) is 0. The van der Waals surface area contributed by atoms with E-state index in [0.717, 1.165) is 56.0 Å². The maximum atomic E-state index is 9.11. The minimum Gasteiger partial charge on any atom is -0.344 e. The molecule has 0 radical (unpaired) electrons. The van der Waals surface area contributed by atoms with Crippen LogP contribution in [0.2, 0.25) is 0 Å². The zero-order valence-corrected chi connectivity index (χ0v) is 32.2. The Morgan fingerprint density at radius 2 is 0.881 bits per heavy atom. The van der Waals surface area contributed by atoms with Crippen molar-refractivity contribution in [2.75, 3.05) is 9.80 Å². The van der Waals surface area contributed by atoms with Crippen LogP contribution < -0.4 is 9.80 Å². The largest absolute Gasteiger partial charge is 0.344 e. The van der Waals surface area contributed by atoms with Gasteiger partial charge in [0, 0.05) is 57.5 Å². The van der Waals surface area contributed by atoms with E-state index in [1.807, 2.05) is 41.3 Å². The summed E-state index contributed by atoms with van der Waals surface area (Å²) < 4.78 is 46.2. The molecule has 3 heteroatoms. The molecule has 0 N–H and O–H groups in total. The Bertz CT molecular complexity index is 3520. The normalized spacial score (nSPS) is 15.8. The van der Waals surface area contributed by atoms with Gasteiger partial charge in [-0.1, -0.05) is 139 Å². The van der Waals surface area contributed by atoms with Gasteiger partial charge in [-0.3, -0.25) is 0 Å². The smallest absolute Gasteiger partial charge is 0.0726 e. The van der Waals surface area contributed by atoms with E-state index in [1.54, 1.807) is 0 Å². The van der Waals surface area contributed by atoms with Crippen LogP contribution in [-0.2, 0) is 12.5 Å². The summed E-state index contributed by atoms with van der Waals surface area (Å²) in [5.41, 5.74) is 15.3. The first kappa shape index (κ1) is 28.7. The van der Waals surface area contributed by atoms with Gasteiger partial charge in [0.1, 0.15) is 0 Å². The molecule has 0 saturated carbocycles. The van der Waals surface area contributed by atoms with Crippen molar-refractivity contribution in [1.82, 2.24) is 4.57 Å². The highest BCUT2D eigenvalue weighted by Crippen LogP contribution is 2.64. The SMILES string of the molecule is [2H]c1c([2H])c([2H])c(N(c2ccccc2)c2ccc3c(c2)C2(c4ccccc4-c4cc(N(c5ccccc5)c5ccc6c7ccccc7n(C)c6c5)ccc42)c2ccccc2-3)c([2H])c1[2H]. The first-order chi connectivity index (χ1) is 31.3. The number of fused-ring (bicyclic) bond motifs is 13. The van der Waals surface area contributed by atoms with Gasteiger partial charge in [0.2, 0.25) is 0 Å². The van der Waals surface area contributed by atoms with Gasteiger partial charge in [0.25, 0.3) is 0 Å². The molecule has 2 aliphatic carbocycles. The van der Waals surface area contributed by atoms with Gasteiger partial charge in [0.15, 0.2) is 0 Å². The van der Waals surface area contributed by atoms with Gasteiger partial charge in [0.05, 0.1) is 17.8 Å². The van der Waals surface area contributed by atoms with Crippen LogP contribution in [0.4, 0.5) is 34.1 Å². The molecule has 59 heavy (non-hydrogen) atoms. The van der Waals surface area contributed by atoms with Crippen LogP contribution in [0.5, 0.6) is 0 Å². The van der Waals surface area contributed by atoms with E-state index in [2.05, 4.69) is 168 Å². The number of nitrogens with zero attached hydrogens (tertiary/aromatic N) is 3. The monoisotopic (exact) mass is 758 g/mol. The summed E-state index contributed by atoms with van der Waals surface area (Å²) in [4.78, 5) is 4.16. The molecule has 10 aromatic rings. The number of para-hydroxylation sites is 4. The number of aromatic nitrogens is 1. The Balaban J connectivity index is 1.09. The zero-order valence-electron chi connectivity index (χ0n) is 37.2. The Morgan fingerprint density at radius 3 is 1.61 bits per heavy atom. The van der Waals surface area contributed by atoms with Gasteiger partial charge >= 0.3 is 0 Å². The van der Waals surface area contributed by atoms with Gasteiger partial charge in [-0.15, -0.1) is 0 Å². The third kappa shape index (κ3) is 4.82. The predicted molar refractivity (Wildman–Crippen MR) is 246 cm³/mol. The van der Waals surface area contributed by atoms with Crippen LogP contribution in [0.15, 0.2) is 218 Å². The lowest BCUT2D eigenvalue weighted by atomic mass is 9.70. The molecule has 0 saturated heterocycles. The van der Waals surface area contributed by atoms with Crippen molar-refractivity contribution in [1.29, 1.82) is 0 Å². The number of hydrogen-bond donors (Lipinski definition) is 0. The van der Waals surface area contributed by atoms with Crippen molar-refractivity contribution in [2.45, 2.75) is 5.41 Å². The highest BCUT2D eigenvalue weighted by Gasteiger charge is 2.52. The van der Waals surface area contributed by atoms with Gasteiger partial charge in [-0.2, -0.15) is 0 Å². The summed E-state index contributed by atoms with van der Waals surface area (Å²) in [5, 5.41) is 2.45. The summed E-state index contributed by atoms with van der Waals surface area (Å²) in [6, 6.07) is 64.3. The third-order valence-corrected chi connectivity index (χ3v) is 12.5. The Hall–Kier alpha value is -7.62. The number of aryl methyl sites for hydroxylation is 1. The quantitative estimate of drug-likeness (QED) is 0.167. The lowest BCUT2D eigenvalue weighted by molar-refractivity contribution is 0.793. The van der Waals surface area contributed by atoms with Gasteiger partial charge in [-0.05, 0) is 123 Å². The molecule has 0 bridgehead atoms. The van der Waals surface area contributed by atoms with E-state index in [4.69, 9.17) is 6.85 Å². The Morgan fingerprint density at radius 1 is 0.373 bits per heavy atom. The van der Waals surface area contributed by atoms with E-state index < -0.39 is 11.5 Å². The van der Waals surface area contributed by atoms with Crippen molar-refractivity contribution in [3.8, 4) is 22.3 Å². The average molecular weight is 759 g/mol. The van der Waals surface area contributed by atoms with Crippen LogP contribution in [0.3, 0.4) is 0 Å². The highest BCUT2D eigenvalue weighted by atomic mass is 15.1. The number of anilines is 6. The molecule has 1 spiro atoms. The Kier molecular flexibility index (Phi) is 6.31. The van der Waals surface area contributed by atoms with Crippen LogP contribution in [0, 0.1) is 0 Å². The summed E-state index contributed by atoms with van der Waals surface area (Å²) >= 11 is 0.